The van der Waals surface area contributed by atoms with Gasteiger partial charge in [0.25, 0.3) is 5.91 Å². The molecule has 0 aromatic carbocycles. The summed E-state index contributed by atoms with van der Waals surface area (Å²) >= 11 is 13.1. The van der Waals surface area contributed by atoms with Crippen LogP contribution in [-0.4, -0.2) is 29.9 Å². The van der Waals surface area contributed by atoms with E-state index < -0.39 is 0 Å². The first kappa shape index (κ1) is 13.1. The number of hydrogen-bond donors (Lipinski definition) is 1. The van der Waals surface area contributed by atoms with E-state index in [-0.39, 0.29) is 11.9 Å². The van der Waals surface area contributed by atoms with Crippen molar-refractivity contribution >= 4 is 40.4 Å². The van der Waals surface area contributed by atoms with Crippen molar-refractivity contribution in [2.24, 2.45) is 11.7 Å². The molecule has 2 unspecified atom stereocenters. The second-order valence-electron chi connectivity index (χ2n) is 4.38. The molecule has 1 aliphatic rings. The van der Waals surface area contributed by atoms with Gasteiger partial charge in [-0.3, -0.25) is 4.79 Å². The van der Waals surface area contributed by atoms with Gasteiger partial charge in [0.1, 0.15) is 4.34 Å². The fraction of sp³-hybridized carbons (Fsp3) is 0.545. The lowest BCUT2D eigenvalue weighted by Crippen LogP contribution is -2.34. The summed E-state index contributed by atoms with van der Waals surface area (Å²) in [5.74, 6) is 0.350. The highest BCUT2D eigenvalue weighted by Gasteiger charge is 2.33. The van der Waals surface area contributed by atoms with Crippen LogP contribution < -0.4 is 5.73 Å². The maximum absolute atomic E-state index is 12.3. The standard InChI is InChI=1S/C11H14Cl2N2OS/c1-6-2-7(4-14)5-15(6)11(16)8-3-9(12)17-10(8)13/h3,6-7H,2,4-5,14H2,1H3. The summed E-state index contributed by atoms with van der Waals surface area (Å²) in [6.45, 7) is 3.36. The Morgan fingerprint density at radius 2 is 2.35 bits per heavy atom. The van der Waals surface area contributed by atoms with E-state index in [0.29, 0.717) is 33.2 Å². The molecule has 1 aromatic rings. The third kappa shape index (κ3) is 2.60. The van der Waals surface area contributed by atoms with Gasteiger partial charge in [-0.2, -0.15) is 0 Å². The number of halogens is 2. The monoisotopic (exact) mass is 292 g/mol. The molecule has 6 heteroatoms. The lowest BCUT2D eigenvalue weighted by Gasteiger charge is -2.21. The van der Waals surface area contributed by atoms with Crippen LogP contribution in [0.4, 0.5) is 0 Å². The lowest BCUT2D eigenvalue weighted by molar-refractivity contribution is 0.0744. The van der Waals surface area contributed by atoms with Crippen LogP contribution >= 0.6 is 34.5 Å². The minimum atomic E-state index is -0.0402. The minimum Gasteiger partial charge on any atom is -0.336 e. The number of likely N-dealkylation sites (tertiary alicyclic amines) is 1. The van der Waals surface area contributed by atoms with Crippen LogP contribution in [0.15, 0.2) is 6.07 Å². The van der Waals surface area contributed by atoms with Crippen molar-refractivity contribution in [3.05, 3.63) is 20.3 Å². The van der Waals surface area contributed by atoms with Crippen molar-refractivity contribution in [3.63, 3.8) is 0 Å². The molecule has 2 heterocycles. The number of amides is 1. The van der Waals surface area contributed by atoms with E-state index in [1.54, 1.807) is 6.07 Å². The number of nitrogens with zero attached hydrogens (tertiary/aromatic N) is 1. The third-order valence-corrected chi connectivity index (χ3v) is 4.63. The van der Waals surface area contributed by atoms with Crippen molar-refractivity contribution in [1.29, 1.82) is 0 Å². The maximum Gasteiger partial charge on any atom is 0.256 e. The predicted octanol–water partition coefficient (Wildman–Crippen LogP) is 2.86. The summed E-state index contributed by atoms with van der Waals surface area (Å²) in [4.78, 5) is 14.1. The van der Waals surface area contributed by atoms with Crippen LogP contribution in [0.5, 0.6) is 0 Å². The molecule has 3 nitrogen and oxygen atoms in total. The molecule has 2 atom stereocenters. The SMILES string of the molecule is CC1CC(CN)CN1C(=O)c1cc(Cl)sc1Cl. The summed E-state index contributed by atoms with van der Waals surface area (Å²) < 4.78 is 1.00. The highest BCUT2D eigenvalue weighted by Crippen LogP contribution is 2.34. The van der Waals surface area contributed by atoms with Crippen LogP contribution in [0.3, 0.4) is 0 Å². The number of thiophene rings is 1. The molecule has 2 N–H and O–H groups in total. The molecule has 1 aliphatic heterocycles. The zero-order valence-corrected chi connectivity index (χ0v) is 11.8. The topological polar surface area (TPSA) is 46.3 Å². The van der Waals surface area contributed by atoms with E-state index in [9.17, 15) is 4.79 Å². The van der Waals surface area contributed by atoms with Gasteiger partial charge >= 0.3 is 0 Å². The van der Waals surface area contributed by atoms with E-state index in [1.165, 1.54) is 11.3 Å². The average molecular weight is 293 g/mol. The minimum absolute atomic E-state index is 0.0402. The van der Waals surface area contributed by atoms with Gasteiger partial charge < -0.3 is 10.6 Å². The molecule has 1 fully saturated rings. The Labute approximate surface area is 114 Å². The Morgan fingerprint density at radius 1 is 1.65 bits per heavy atom. The van der Waals surface area contributed by atoms with E-state index in [4.69, 9.17) is 28.9 Å². The average Bonchev–Trinajstić information content (AvgIpc) is 2.81. The maximum atomic E-state index is 12.3. The summed E-state index contributed by atoms with van der Waals surface area (Å²) in [5.41, 5.74) is 6.15. The molecule has 2 rings (SSSR count). The number of nitrogens with two attached hydrogens (primary N) is 1. The van der Waals surface area contributed by atoms with E-state index in [0.717, 1.165) is 6.42 Å². The zero-order valence-electron chi connectivity index (χ0n) is 9.45. The van der Waals surface area contributed by atoms with E-state index in [1.807, 2.05) is 11.8 Å². The van der Waals surface area contributed by atoms with Gasteiger partial charge in [0.05, 0.1) is 9.90 Å². The van der Waals surface area contributed by atoms with Gasteiger partial charge in [-0.15, -0.1) is 11.3 Å². The Kier molecular flexibility index (Phi) is 3.98. The summed E-state index contributed by atoms with van der Waals surface area (Å²) in [6, 6.07) is 1.85. The molecule has 0 aliphatic carbocycles. The molecule has 1 aromatic heterocycles. The first-order valence-electron chi connectivity index (χ1n) is 5.48. The first-order valence-corrected chi connectivity index (χ1v) is 7.06. The summed E-state index contributed by atoms with van der Waals surface area (Å²) in [6.07, 6.45) is 0.956. The van der Waals surface area contributed by atoms with Crippen molar-refractivity contribution < 1.29 is 4.79 Å². The molecular weight excluding hydrogens is 279 g/mol. The first-order chi connectivity index (χ1) is 8.02. The smallest absolute Gasteiger partial charge is 0.256 e. The molecule has 94 valence electrons. The molecule has 1 amide bonds. The Hall–Kier alpha value is -0.290. The van der Waals surface area contributed by atoms with Crippen molar-refractivity contribution in [3.8, 4) is 0 Å². The van der Waals surface area contributed by atoms with Crippen LogP contribution in [0.1, 0.15) is 23.7 Å². The second-order valence-corrected chi connectivity index (χ2v) is 6.67. The Balaban J connectivity index is 2.18. The Morgan fingerprint density at radius 3 is 2.82 bits per heavy atom. The predicted molar refractivity (Wildman–Crippen MR) is 72.0 cm³/mol. The van der Waals surface area contributed by atoms with Gasteiger partial charge in [0.2, 0.25) is 0 Å². The van der Waals surface area contributed by atoms with Crippen LogP contribution in [0.2, 0.25) is 8.67 Å². The number of hydrogen-bond acceptors (Lipinski definition) is 3. The molecule has 0 spiro atoms. The van der Waals surface area contributed by atoms with Crippen molar-refractivity contribution in [1.82, 2.24) is 4.90 Å². The van der Waals surface area contributed by atoms with Crippen LogP contribution in [0, 0.1) is 5.92 Å². The normalized spacial score (nSPS) is 24.4. The molecular formula is C11H14Cl2N2OS. The quantitative estimate of drug-likeness (QED) is 0.911. The van der Waals surface area contributed by atoms with Gasteiger partial charge in [-0.1, -0.05) is 23.2 Å². The van der Waals surface area contributed by atoms with Gasteiger partial charge in [0, 0.05) is 12.6 Å². The van der Waals surface area contributed by atoms with Crippen molar-refractivity contribution in [2.75, 3.05) is 13.1 Å². The Bertz CT molecular complexity index is 435. The van der Waals surface area contributed by atoms with E-state index in [2.05, 4.69) is 0 Å². The fourth-order valence-corrected chi connectivity index (χ4v) is 3.68. The van der Waals surface area contributed by atoms with Gasteiger partial charge in [-0.05, 0) is 31.9 Å². The number of carbonyl (C=O) groups is 1. The third-order valence-electron chi connectivity index (χ3n) is 3.14. The number of carbonyl (C=O) groups excluding carboxylic acids is 1. The molecule has 0 saturated carbocycles. The van der Waals surface area contributed by atoms with Gasteiger partial charge in [0.15, 0.2) is 0 Å². The highest BCUT2D eigenvalue weighted by atomic mass is 35.5. The number of rotatable bonds is 2. The van der Waals surface area contributed by atoms with Crippen LogP contribution in [-0.2, 0) is 0 Å². The van der Waals surface area contributed by atoms with Gasteiger partial charge in [-0.25, -0.2) is 0 Å². The molecule has 1 saturated heterocycles. The highest BCUT2D eigenvalue weighted by molar-refractivity contribution is 7.20. The van der Waals surface area contributed by atoms with Crippen LogP contribution in [0.25, 0.3) is 0 Å². The van der Waals surface area contributed by atoms with Crippen molar-refractivity contribution in [2.45, 2.75) is 19.4 Å². The molecule has 0 bridgehead atoms. The van der Waals surface area contributed by atoms with E-state index >= 15 is 0 Å². The summed E-state index contributed by atoms with van der Waals surface area (Å²) in [5, 5.41) is 0. The lowest BCUT2D eigenvalue weighted by atomic mass is 10.1. The fourth-order valence-electron chi connectivity index (χ4n) is 2.24. The summed E-state index contributed by atoms with van der Waals surface area (Å²) in [7, 11) is 0. The second kappa shape index (κ2) is 5.14. The molecule has 0 radical (unpaired) electrons. The zero-order chi connectivity index (χ0) is 12.6. The molecule has 17 heavy (non-hydrogen) atoms. The largest absolute Gasteiger partial charge is 0.336 e.